The van der Waals surface area contributed by atoms with Crippen LogP contribution in [0.1, 0.15) is 11.5 Å². The lowest BCUT2D eigenvalue weighted by Crippen LogP contribution is -1.94. The van der Waals surface area contributed by atoms with Gasteiger partial charge in [0, 0.05) is 5.69 Å². The Morgan fingerprint density at radius 3 is 2.86 bits per heavy atom. The second kappa shape index (κ2) is 4.86. The molecule has 14 heavy (non-hydrogen) atoms. The third-order valence-corrected chi connectivity index (χ3v) is 4.58. The van der Waals surface area contributed by atoms with Gasteiger partial charge in [0.05, 0.1) is 5.75 Å². The molecule has 0 spiro atoms. The Balaban J connectivity index is 2.73. The average molecular weight is 271 g/mol. The molecule has 8 heteroatoms. The van der Waals surface area contributed by atoms with Crippen molar-refractivity contribution in [2.24, 2.45) is 0 Å². The van der Waals surface area contributed by atoms with E-state index in [0.29, 0.717) is 11.0 Å². The number of aryl methyl sites for hydroxylation is 1. The van der Waals surface area contributed by atoms with Gasteiger partial charge in [0.15, 0.2) is 0 Å². The van der Waals surface area contributed by atoms with Crippen molar-refractivity contribution < 1.29 is 9.46 Å². The zero-order valence-corrected chi connectivity index (χ0v) is 10.6. The van der Waals surface area contributed by atoms with E-state index in [-0.39, 0.29) is 5.75 Å². The number of halogens is 1. The number of aromatic nitrogens is 2. The van der Waals surface area contributed by atoms with Crippen LogP contribution in [0.4, 0.5) is 0 Å². The van der Waals surface area contributed by atoms with E-state index < -0.39 is 5.77 Å². The van der Waals surface area contributed by atoms with Gasteiger partial charge in [0.25, 0.3) is 0 Å². The Morgan fingerprint density at radius 2 is 2.36 bits per heavy atom. The molecule has 1 atom stereocenters. The molecule has 0 aromatic carbocycles. The highest BCUT2D eigenvalue weighted by Gasteiger charge is 2.13. The number of nitrogens with zero attached hydrogens (tertiary/aromatic N) is 2. The van der Waals surface area contributed by atoms with Crippen molar-refractivity contribution in [3.8, 4) is 0 Å². The predicted octanol–water partition coefficient (Wildman–Crippen LogP) is 2.70. The molecule has 0 aliphatic rings. The Hall–Kier alpha value is 0.260. The normalized spacial score (nSPS) is 15.1. The van der Waals surface area contributed by atoms with Gasteiger partial charge in [-0.25, -0.2) is 9.97 Å². The molecule has 0 fully saturated rings. The molecule has 0 saturated carbocycles. The van der Waals surface area contributed by atoms with Crippen molar-refractivity contribution >= 4 is 41.0 Å². The fraction of sp³-hybridized carbons (Fsp3) is 0.333. The lowest BCUT2D eigenvalue weighted by molar-refractivity contribution is 0.514. The van der Waals surface area contributed by atoms with E-state index >= 15 is 0 Å². The summed E-state index contributed by atoms with van der Waals surface area (Å²) in [7, 11) is 0. The Morgan fingerprint density at radius 1 is 1.71 bits per heavy atom. The minimum Gasteiger partial charge on any atom is -0.329 e. The van der Waals surface area contributed by atoms with Crippen molar-refractivity contribution in [3.63, 3.8) is 0 Å². The van der Waals surface area contributed by atoms with Crippen LogP contribution in [-0.4, -0.2) is 14.9 Å². The molecule has 0 bridgehead atoms. The van der Waals surface area contributed by atoms with E-state index in [1.165, 1.54) is 0 Å². The second-order valence-electron chi connectivity index (χ2n) is 2.51. The number of hydrogen-bond donors (Lipinski definition) is 2. The Kier molecular flexibility index (Phi) is 4.28. The summed E-state index contributed by atoms with van der Waals surface area (Å²) in [5.74, 6) is -2.72. The molecule has 4 nitrogen and oxygen atoms in total. The van der Waals surface area contributed by atoms with Crippen LogP contribution < -0.4 is 0 Å². The highest BCUT2D eigenvalue weighted by Crippen LogP contribution is 2.59. The summed E-state index contributed by atoms with van der Waals surface area (Å²) in [5.41, 5.74) is 0.729. The zero-order chi connectivity index (χ0) is 10.8. The monoisotopic (exact) mass is 270 g/mol. The van der Waals surface area contributed by atoms with Gasteiger partial charge in [0.1, 0.15) is 11.0 Å². The summed E-state index contributed by atoms with van der Waals surface area (Å²) in [4.78, 5) is 16.9. The van der Waals surface area contributed by atoms with Crippen LogP contribution in [-0.2, 0) is 10.3 Å². The summed E-state index contributed by atoms with van der Waals surface area (Å²) >= 11 is 10.0. The fourth-order valence-corrected chi connectivity index (χ4v) is 2.83. The Bertz CT molecular complexity index is 364. The fourth-order valence-electron chi connectivity index (χ4n) is 0.795. The number of rotatable bonds is 3. The molecule has 1 unspecified atom stereocenters. The van der Waals surface area contributed by atoms with Crippen molar-refractivity contribution in [3.05, 3.63) is 22.7 Å². The van der Waals surface area contributed by atoms with E-state index in [2.05, 4.69) is 22.2 Å². The van der Waals surface area contributed by atoms with Crippen molar-refractivity contribution in [2.45, 2.75) is 12.7 Å². The first kappa shape index (κ1) is 12.3. The highest BCUT2D eigenvalue weighted by molar-refractivity contribution is 8.84. The summed E-state index contributed by atoms with van der Waals surface area (Å²) in [6.45, 7) is 1.78. The first-order chi connectivity index (χ1) is 6.37. The Labute approximate surface area is 95.8 Å². The van der Waals surface area contributed by atoms with E-state index in [4.69, 9.17) is 16.5 Å². The van der Waals surface area contributed by atoms with E-state index in [0.717, 1.165) is 17.1 Å². The molecular weight excluding hydrogens is 263 g/mol. The first-order valence-electron chi connectivity index (χ1n) is 3.57. The maximum Gasteiger partial charge on any atom is 0.308 e. The molecule has 0 aliphatic heterocycles. The lowest BCUT2D eigenvalue weighted by Gasteiger charge is -2.03. The average Bonchev–Trinajstić information content (AvgIpc) is 1.97. The predicted molar refractivity (Wildman–Crippen MR) is 61.9 cm³/mol. The molecule has 0 radical (unpaired) electrons. The molecule has 0 amide bonds. The number of hydrogen-bond acceptors (Lipinski definition) is 4. The van der Waals surface area contributed by atoms with Crippen molar-refractivity contribution in [2.75, 3.05) is 0 Å². The molecule has 0 saturated heterocycles. The zero-order valence-electron chi connectivity index (χ0n) is 7.21. The number of thiol groups is 1. The molecule has 1 N–H and O–H groups in total. The molecule has 1 rings (SSSR count). The second-order valence-corrected chi connectivity index (χ2v) is 9.13. The minimum atomic E-state index is -3.37. The van der Waals surface area contributed by atoms with Gasteiger partial charge in [-0.15, -0.1) is 0 Å². The third-order valence-electron chi connectivity index (χ3n) is 1.23. The quantitative estimate of drug-likeness (QED) is 0.502. The molecule has 1 aromatic heterocycles. The van der Waals surface area contributed by atoms with Crippen LogP contribution in [0.5, 0.6) is 0 Å². The maximum absolute atomic E-state index is 10.9. The van der Waals surface area contributed by atoms with Crippen LogP contribution in [0.15, 0.2) is 6.07 Å². The third kappa shape index (κ3) is 4.66. The van der Waals surface area contributed by atoms with Crippen LogP contribution in [0.25, 0.3) is 0 Å². The van der Waals surface area contributed by atoms with Gasteiger partial charge in [0.2, 0.25) is 0 Å². The van der Waals surface area contributed by atoms with Gasteiger partial charge >= 0.3 is 5.77 Å². The van der Waals surface area contributed by atoms with Crippen LogP contribution in [0.2, 0.25) is 5.15 Å². The molecule has 1 aromatic rings. The van der Waals surface area contributed by atoms with Crippen LogP contribution >= 0.6 is 41.0 Å². The topological polar surface area (TPSA) is 63.1 Å². The smallest absolute Gasteiger partial charge is 0.308 e. The van der Waals surface area contributed by atoms with Gasteiger partial charge in [-0.2, -0.15) is 0 Å². The van der Waals surface area contributed by atoms with E-state index in [1.54, 1.807) is 13.0 Å². The maximum atomic E-state index is 10.9. The largest absolute Gasteiger partial charge is 0.329 e. The molecule has 0 aliphatic carbocycles. The highest BCUT2D eigenvalue weighted by atomic mass is 35.5. The SMILES string of the molecule is Cc1cc(Cl)nc(CSP(=O)(O)S)n1. The van der Waals surface area contributed by atoms with Crippen molar-refractivity contribution in [1.82, 2.24) is 9.97 Å². The van der Waals surface area contributed by atoms with Gasteiger partial charge in [-0.1, -0.05) is 35.2 Å². The molecular formula is C6H8ClN2O2PS2. The lowest BCUT2D eigenvalue weighted by atomic mass is 10.4. The van der Waals surface area contributed by atoms with E-state index in [9.17, 15) is 4.57 Å². The molecule has 1 heterocycles. The summed E-state index contributed by atoms with van der Waals surface area (Å²) in [6.07, 6.45) is 0. The first-order valence-corrected chi connectivity index (χ1v) is 8.35. The van der Waals surface area contributed by atoms with E-state index in [1.807, 2.05) is 0 Å². The van der Waals surface area contributed by atoms with Gasteiger partial charge < -0.3 is 4.89 Å². The van der Waals surface area contributed by atoms with Crippen molar-refractivity contribution in [1.29, 1.82) is 0 Å². The van der Waals surface area contributed by atoms with Crippen LogP contribution in [0, 0.1) is 6.92 Å². The summed E-state index contributed by atoms with van der Waals surface area (Å²) in [6, 6.07) is 1.62. The van der Waals surface area contributed by atoms with Gasteiger partial charge in [-0.3, -0.25) is 4.57 Å². The summed E-state index contributed by atoms with van der Waals surface area (Å²) < 4.78 is 10.9. The standard InChI is InChI=1S/C6H8ClN2O2PS2/c1-4-2-5(7)9-6(8-4)3-14-12(10,11)13/h2H,3H2,1H3,(H2,10,11,13). The summed E-state index contributed by atoms with van der Waals surface area (Å²) in [5, 5.41) is 0.333. The van der Waals surface area contributed by atoms with Crippen LogP contribution in [0.3, 0.4) is 0 Å². The van der Waals surface area contributed by atoms with Gasteiger partial charge in [-0.05, 0) is 13.0 Å². The minimum absolute atomic E-state index is 0.221. The molecule has 78 valence electrons.